The highest BCUT2D eigenvalue weighted by atomic mass is 16.6. The van der Waals surface area contributed by atoms with Crippen LogP contribution in [0.5, 0.6) is 0 Å². The molecule has 0 bridgehead atoms. The number of hydrogen-bond donors (Lipinski definition) is 1. The van der Waals surface area contributed by atoms with Gasteiger partial charge in [0.05, 0.1) is 11.0 Å². The number of fused-ring (bicyclic) bond motifs is 1. The summed E-state index contributed by atoms with van der Waals surface area (Å²) in [5.41, 5.74) is 0.890. The lowest BCUT2D eigenvalue weighted by atomic mass is 10.0. The molecule has 0 aliphatic heterocycles. The van der Waals surface area contributed by atoms with E-state index in [0.29, 0.717) is 17.1 Å². The van der Waals surface area contributed by atoms with Gasteiger partial charge >= 0.3 is 0 Å². The fraction of sp³-hybridized carbons (Fsp3) is 0.417. The predicted molar refractivity (Wildman–Crippen MR) is 68.7 cm³/mol. The summed E-state index contributed by atoms with van der Waals surface area (Å²) >= 11 is 0. The van der Waals surface area contributed by atoms with Crippen molar-refractivity contribution in [1.29, 1.82) is 0 Å². The van der Waals surface area contributed by atoms with Gasteiger partial charge in [-0.05, 0) is 26.3 Å². The van der Waals surface area contributed by atoms with Crippen molar-refractivity contribution in [3.63, 3.8) is 0 Å². The van der Waals surface area contributed by atoms with E-state index >= 15 is 0 Å². The van der Waals surface area contributed by atoms with Gasteiger partial charge in [0.15, 0.2) is 5.58 Å². The van der Waals surface area contributed by atoms with E-state index in [4.69, 9.17) is 4.42 Å². The average Bonchev–Trinajstić information content (AvgIpc) is 2.68. The summed E-state index contributed by atoms with van der Waals surface area (Å²) in [7, 11) is 0. The summed E-state index contributed by atoms with van der Waals surface area (Å²) in [6.45, 7) is 6.12. The molecule has 2 rings (SSSR count). The van der Waals surface area contributed by atoms with Crippen molar-refractivity contribution in [2.75, 3.05) is 5.32 Å². The second-order valence-electron chi connectivity index (χ2n) is 4.79. The van der Waals surface area contributed by atoms with Gasteiger partial charge in [-0.1, -0.05) is 6.92 Å². The number of non-ortho nitro benzene ring substituents is 1. The Bertz CT molecular complexity index is 589. The zero-order valence-electron chi connectivity index (χ0n) is 10.6. The molecule has 0 unspecified atom stereocenters. The second-order valence-corrected chi connectivity index (χ2v) is 4.79. The molecule has 0 amide bonds. The molecule has 0 atom stereocenters. The van der Waals surface area contributed by atoms with E-state index < -0.39 is 4.92 Å². The molecule has 0 saturated heterocycles. The molecule has 0 aliphatic rings. The first kappa shape index (κ1) is 12.3. The number of benzene rings is 1. The number of nitrogens with zero attached hydrogens (tertiary/aromatic N) is 2. The van der Waals surface area contributed by atoms with Crippen molar-refractivity contribution in [2.24, 2.45) is 0 Å². The lowest BCUT2D eigenvalue weighted by molar-refractivity contribution is -0.384. The standard InChI is InChI=1S/C12H15N3O3/c1-4-12(2,3)14-11-13-9-6-5-8(15(16)17)7-10(9)18-11/h5-7H,4H2,1-3H3,(H,13,14). The van der Waals surface area contributed by atoms with Gasteiger partial charge in [-0.3, -0.25) is 10.1 Å². The summed E-state index contributed by atoms with van der Waals surface area (Å²) in [6.07, 6.45) is 0.909. The molecule has 6 heteroatoms. The van der Waals surface area contributed by atoms with Crippen LogP contribution in [0.2, 0.25) is 0 Å². The van der Waals surface area contributed by atoms with Crippen LogP contribution in [0, 0.1) is 10.1 Å². The van der Waals surface area contributed by atoms with Crippen LogP contribution < -0.4 is 5.32 Å². The Balaban J connectivity index is 2.35. The van der Waals surface area contributed by atoms with Crippen molar-refractivity contribution >= 4 is 22.8 Å². The zero-order valence-corrected chi connectivity index (χ0v) is 10.6. The number of nitro benzene ring substituents is 1. The number of aromatic nitrogens is 1. The highest BCUT2D eigenvalue weighted by Gasteiger charge is 2.18. The summed E-state index contributed by atoms with van der Waals surface area (Å²) in [5, 5.41) is 13.8. The predicted octanol–water partition coefficient (Wildman–Crippen LogP) is 3.34. The van der Waals surface area contributed by atoms with Crippen molar-refractivity contribution in [3.8, 4) is 0 Å². The van der Waals surface area contributed by atoms with Crippen LogP contribution in [0.3, 0.4) is 0 Å². The molecule has 18 heavy (non-hydrogen) atoms. The molecule has 0 fully saturated rings. The second kappa shape index (κ2) is 4.29. The van der Waals surface area contributed by atoms with E-state index in [1.807, 2.05) is 13.8 Å². The third kappa shape index (κ3) is 2.42. The number of oxazole rings is 1. The van der Waals surface area contributed by atoms with Crippen LogP contribution in [0.15, 0.2) is 22.6 Å². The molecular weight excluding hydrogens is 234 g/mol. The van der Waals surface area contributed by atoms with Crippen LogP contribution in [0.1, 0.15) is 27.2 Å². The molecule has 2 aromatic rings. The van der Waals surface area contributed by atoms with Gasteiger partial charge in [-0.25, -0.2) is 0 Å². The van der Waals surface area contributed by atoms with Crippen molar-refractivity contribution in [3.05, 3.63) is 28.3 Å². The van der Waals surface area contributed by atoms with Crippen LogP contribution in [-0.4, -0.2) is 15.4 Å². The molecule has 1 aromatic heterocycles. The maximum Gasteiger partial charge on any atom is 0.296 e. The summed E-state index contributed by atoms with van der Waals surface area (Å²) in [5.74, 6) is 0. The molecule has 0 spiro atoms. The summed E-state index contributed by atoms with van der Waals surface area (Å²) in [4.78, 5) is 14.4. The quantitative estimate of drug-likeness (QED) is 0.663. The van der Waals surface area contributed by atoms with Crippen molar-refractivity contribution in [2.45, 2.75) is 32.7 Å². The van der Waals surface area contributed by atoms with Crippen molar-refractivity contribution < 1.29 is 9.34 Å². The molecule has 0 saturated carbocycles. The van der Waals surface area contributed by atoms with Gasteiger partial charge < -0.3 is 9.73 Å². The maximum absolute atomic E-state index is 10.7. The Morgan fingerprint density at radius 2 is 2.22 bits per heavy atom. The first-order valence-electron chi connectivity index (χ1n) is 5.74. The monoisotopic (exact) mass is 249 g/mol. The first-order chi connectivity index (χ1) is 8.41. The molecule has 6 nitrogen and oxygen atoms in total. The Labute approximate surface area is 104 Å². The molecule has 1 aromatic carbocycles. The first-order valence-corrected chi connectivity index (χ1v) is 5.74. The summed E-state index contributed by atoms with van der Waals surface area (Å²) < 4.78 is 5.47. The largest absolute Gasteiger partial charge is 0.423 e. The third-order valence-electron chi connectivity index (χ3n) is 2.91. The minimum atomic E-state index is -0.453. The Hall–Kier alpha value is -2.11. The molecule has 1 heterocycles. The van der Waals surface area contributed by atoms with E-state index in [0.717, 1.165) is 6.42 Å². The van der Waals surface area contributed by atoms with Crippen LogP contribution in [0.25, 0.3) is 11.1 Å². The number of nitrogens with one attached hydrogen (secondary N) is 1. The average molecular weight is 249 g/mol. The topological polar surface area (TPSA) is 81.2 Å². The van der Waals surface area contributed by atoms with Gasteiger partial charge in [0.1, 0.15) is 5.52 Å². The van der Waals surface area contributed by atoms with Gasteiger partial charge in [-0.2, -0.15) is 4.98 Å². The number of nitro groups is 1. The fourth-order valence-corrected chi connectivity index (χ4v) is 1.46. The van der Waals surface area contributed by atoms with Gasteiger partial charge in [0.2, 0.25) is 0 Å². The van der Waals surface area contributed by atoms with Gasteiger partial charge in [0.25, 0.3) is 11.7 Å². The highest BCUT2D eigenvalue weighted by Crippen LogP contribution is 2.25. The fourth-order valence-electron chi connectivity index (χ4n) is 1.46. The number of anilines is 1. The number of rotatable bonds is 4. The highest BCUT2D eigenvalue weighted by molar-refractivity contribution is 5.77. The lowest BCUT2D eigenvalue weighted by Crippen LogP contribution is -2.29. The van der Waals surface area contributed by atoms with E-state index in [1.54, 1.807) is 6.07 Å². The van der Waals surface area contributed by atoms with Gasteiger partial charge in [-0.15, -0.1) is 0 Å². The zero-order chi connectivity index (χ0) is 13.3. The van der Waals surface area contributed by atoms with E-state index in [2.05, 4.69) is 17.2 Å². The van der Waals surface area contributed by atoms with E-state index in [-0.39, 0.29) is 11.2 Å². The lowest BCUT2D eigenvalue weighted by Gasteiger charge is -2.22. The molecular formula is C12H15N3O3. The van der Waals surface area contributed by atoms with E-state index in [1.165, 1.54) is 12.1 Å². The Kier molecular flexibility index (Phi) is 2.94. The SMILES string of the molecule is CCC(C)(C)Nc1nc2ccc([N+](=O)[O-])cc2o1. The summed E-state index contributed by atoms with van der Waals surface area (Å²) in [6, 6.07) is 4.77. The van der Waals surface area contributed by atoms with Crippen LogP contribution in [-0.2, 0) is 0 Å². The normalized spacial score (nSPS) is 11.7. The Morgan fingerprint density at radius 1 is 1.50 bits per heavy atom. The van der Waals surface area contributed by atoms with Crippen molar-refractivity contribution in [1.82, 2.24) is 4.98 Å². The molecule has 0 aliphatic carbocycles. The van der Waals surface area contributed by atoms with Gasteiger partial charge in [0, 0.05) is 11.6 Å². The number of hydrogen-bond acceptors (Lipinski definition) is 5. The Morgan fingerprint density at radius 3 is 2.83 bits per heavy atom. The maximum atomic E-state index is 10.7. The smallest absolute Gasteiger partial charge is 0.296 e. The molecule has 1 N–H and O–H groups in total. The van der Waals surface area contributed by atoms with E-state index in [9.17, 15) is 10.1 Å². The third-order valence-corrected chi connectivity index (χ3v) is 2.91. The minimum Gasteiger partial charge on any atom is -0.423 e. The van der Waals surface area contributed by atoms with Crippen LogP contribution >= 0.6 is 0 Å². The van der Waals surface area contributed by atoms with Crippen LogP contribution in [0.4, 0.5) is 11.7 Å². The molecule has 96 valence electrons. The molecule has 0 radical (unpaired) electrons. The minimum absolute atomic E-state index is 0.0000447.